The molecular weight excluding hydrogens is 442 g/mol. The Labute approximate surface area is 197 Å². The second-order valence-corrected chi connectivity index (χ2v) is 8.25. The van der Waals surface area contributed by atoms with Crippen molar-refractivity contribution in [3.8, 4) is 17.2 Å². The number of hydrogen-bond acceptors (Lipinski definition) is 7. The molecule has 0 radical (unpaired) electrons. The molecule has 0 atom stereocenters. The van der Waals surface area contributed by atoms with Crippen molar-refractivity contribution in [3.63, 3.8) is 0 Å². The fraction of sp³-hybridized carbons (Fsp3) is 0.375. The van der Waals surface area contributed by atoms with E-state index in [9.17, 15) is 9.59 Å². The van der Waals surface area contributed by atoms with Crippen LogP contribution in [0.25, 0.3) is 10.9 Å². The van der Waals surface area contributed by atoms with Gasteiger partial charge in [-0.25, -0.2) is 4.98 Å². The number of methoxy groups -OCH3 is 3. The lowest BCUT2D eigenvalue weighted by atomic mass is 10.1. The molecule has 0 unspecified atom stereocenters. The molecule has 0 saturated carbocycles. The van der Waals surface area contributed by atoms with Gasteiger partial charge in [0.1, 0.15) is 5.75 Å². The fourth-order valence-electron chi connectivity index (χ4n) is 3.38. The van der Waals surface area contributed by atoms with Crippen molar-refractivity contribution in [3.05, 3.63) is 52.3 Å². The van der Waals surface area contributed by atoms with Gasteiger partial charge in [0.15, 0.2) is 16.7 Å². The van der Waals surface area contributed by atoms with E-state index in [1.165, 1.54) is 11.8 Å². The van der Waals surface area contributed by atoms with Crippen LogP contribution in [0.1, 0.15) is 25.3 Å². The van der Waals surface area contributed by atoms with E-state index in [0.717, 1.165) is 18.4 Å². The number of rotatable bonds is 11. The number of para-hydroxylation sites is 1. The van der Waals surface area contributed by atoms with E-state index in [1.807, 2.05) is 18.2 Å². The number of fused-ring (bicyclic) bond motifs is 1. The first kappa shape index (κ1) is 24.4. The van der Waals surface area contributed by atoms with Crippen LogP contribution in [0.15, 0.2) is 46.3 Å². The number of nitrogens with one attached hydrogen (secondary N) is 1. The van der Waals surface area contributed by atoms with Gasteiger partial charge in [0.2, 0.25) is 5.91 Å². The molecule has 8 nitrogen and oxygen atoms in total. The van der Waals surface area contributed by atoms with Gasteiger partial charge in [0.25, 0.3) is 5.56 Å². The van der Waals surface area contributed by atoms with Gasteiger partial charge in [0, 0.05) is 24.7 Å². The molecule has 0 spiro atoms. The molecule has 0 bridgehead atoms. The topological polar surface area (TPSA) is 91.7 Å². The Morgan fingerprint density at radius 1 is 1.06 bits per heavy atom. The Morgan fingerprint density at radius 3 is 2.45 bits per heavy atom. The smallest absolute Gasteiger partial charge is 0.262 e. The maximum Gasteiger partial charge on any atom is 0.262 e. The largest absolute Gasteiger partial charge is 0.496 e. The van der Waals surface area contributed by atoms with E-state index in [-0.39, 0.29) is 23.8 Å². The van der Waals surface area contributed by atoms with Crippen molar-refractivity contribution < 1.29 is 19.0 Å². The monoisotopic (exact) mass is 471 g/mol. The Balaban J connectivity index is 1.73. The second-order valence-electron chi connectivity index (χ2n) is 7.31. The predicted molar refractivity (Wildman–Crippen MR) is 130 cm³/mol. The summed E-state index contributed by atoms with van der Waals surface area (Å²) in [6, 6.07) is 10.8. The third-order valence-corrected chi connectivity index (χ3v) is 6.13. The highest BCUT2D eigenvalue weighted by Crippen LogP contribution is 2.34. The van der Waals surface area contributed by atoms with E-state index in [1.54, 1.807) is 44.1 Å². The van der Waals surface area contributed by atoms with E-state index >= 15 is 0 Å². The number of aromatic nitrogens is 2. The summed E-state index contributed by atoms with van der Waals surface area (Å²) in [6.07, 6.45) is 1.82. The van der Waals surface area contributed by atoms with Crippen molar-refractivity contribution in [2.75, 3.05) is 27.1 Å². The van der Waals surface area contributed by atoms with Gasteiger partial charge >= 0.3 is 0 Å². The third kappa shape index (κ3) is 5.78. The molecular formula is C24H29N3O5S. The summed E-state index contributed by atoms with van der Waals surface area (Å²) in [6.45, 7) is 2.90. The Bertz CT molecular complexity index is 1180. The molecule has 3 rings (SSSR count). The summed E-state index contributed by atoms with van der Waals surface area (Å²) in [5.74, 6) is 1.64. The second kappa shape index (κ2) is 11.6. The number of benzene rings is 2. The van der Waals surface area contributed by atoms with Crippen LogP contribution in [0.3, 0.4) is 0 Å². The van der Waals surface area contributed by atoms with Gasteiger partial charge in [-0.1, -0.05) is 37.2 Å². The van der Waals surface area contributed by atoms with E-state index in [2.05, 4.69) is 17.2 Å². The summed E-state index contributed by atoms with van der Waals surface area (Å²) in [4.78, 5) is 30.2. The lowest BCUT2D eigenvalue weighted by Gasteiger charge is -2.15. The molecule has 0 aliphatic heterocycles. The van der Waals surface area contributed by atoms with Crippen LogP contribution in [0, 0.1) is 0 Å². The van der Waals surface area contributed by atoms with Gasteiger partial charge in [-0.3, -0.25) is 14.2 Å². The number of amides is 1. The predicted octanol–water partition coefficient (Wildman–Crippen LogP) is 3.63. The van der Waals surface area contributed by atoms with Crippen LogP contribution in [0.2, 0.25) is 0 Å². The summed E-state index contributed by atoms with van der Waals surface area (Å²) in [7, 11) is 4.66. The van der Waals surface area contributed by atoms with Gasteiger partial charge in [0.05, 0.1) is 38.0 Å². The molecule has 0 fully saturated rings. The first-order valence-electron chi connectivity index (χ1n) is 10.7. The minimum atomic E-state index is -0.179. The standard InChI is InChI=1S/C24H29N3O5S/c1-5-6-11-27-23(29)17-9-7-8-10-18(17)26-24(27)33-15-22(28)25-14-16-12-20(31-3)21(32-4)13-19(16)30-2/h7-10,12-13H,5-6,11,14-15H2,1-4H3,(H,25,28). The normalized spacial score (nSPS) is 10.8. The summed E-state index contributed by atoms with van der Waals surface area (Å²) in [5, 5.41) is 4.03. The van der Waals surface area contributed by atoms with Gasteiger partial charge in [-0.2, -0.15) is 0 Å². The lowest BCUT2D eigenvalue weighted by Crippen LogP contribution is -2.27. The van der Waals surface area contributed by atoms with E-state index in [0.29, 0.717) is 39.9 Å². The van der Waals surface area contributed by atoms with Crippen molar-refractivity contribution in [1.29, 1.82) is 0 Å². The van der Waals surface area contributed by atoms with Crippen molar-refractivity contribution in [1.82, 2.24) is 14.9 Å². The zero-order valence-electron chi connectivity index (χ0n) is 19.3. The van der Waals surface area contributed by atoms with Gasteiger partial charge in [-0.15, -0.1) is 0 Å². The highest BCUT2D eigenvalue weighted by atomic mass is 32.2. The Morgan fingerprint density at radius 2 is 1.76 bits per heavy atom. The van der Waals surface area contributed by atoms with Crippen LogP contribution in [-0.4, -0.2) is 42.5 Å². The molecule has 0 aliphatic rings. The summed E-state index contributed by atoms with van der Waals surface area (Å²) in [5.41, 5.74) is 1.32. The van der Waals surface area contributed by atoms with E-state index in [4.69, 9.17) is 14.2 Å². The highest BCUT2D eigenvalue weighted by Gasteiger charge is 2.15. The molecule has 33 heavy (non-hydrogen) atoms. The molecule has 1 aromatic heterocycles. The van der Waals surface area contributed by atoms with Crippen LogP contribution in [0.4, 0.5) is 0 Å². The number of thioether (sulfide) groups is 1. The molecule has 2 aromatic carbocycles. The first-order chi connectivity index (χ1) is 16.0. The van der Waals surface area contributed by atoms with Gasteiger partial charge < -0.3 is 19.5 Å². The number of ether oxygens (including phenoxy) is 3. The molecule has 3 aromatic rings. The molecule has 1 heterocycles. The number of nitrogens with zero attached hydrogens (tertiary/aromatic N) is 2. The van der Waals surface area contributed by atoms with Crippen LogP contribution in [0.5, 0.6) is 17.2 Å². The zero-order chi connectivity index (χ0) is 23.8. The fourth-order valence-corrected chi connectivity index (χ4v) is 4.23. The Kier molecular flexibility index (Phi) is 8.59. The number of hydrogen-bond donors (Lipinski definition) is 1. The quantitative estimate of drug-likeness (QED) is 0.337. The zero-order valence-corrected chi connectivity index (χ0v) is 20.2. The number of carbonyl (C=O) groups is 1. The minimum Gasteiger partial charge on any atom is -0.496 e. The van der Waals surface area contributed by atoms with Crippen molar-refractivity contribution >= 4 is 28.6 Å². The summed E-state index contributed by atoms with van der Waals surface area (Å²) >= 11 is 1.26. The SMILES string of the molecule is CCCCn1c(SCC(=O)NCc2cc(OC)c(OC)cc2OC)nc2ccccc2c1=O. The Hall–Kier alpha value is -3.20. The molecule has 176 valence electrons. The average Bonchev–Trinajstić information content (AvgIpc) is 2.85. The average molecular weight is 472 g/mol. The van der Waals surface area contributed by atoms with E-state index < -0.39 is 0 Å². The molecule has 1 amide bonds. The molecule has 0 aliphatic carbocycles. The number of carbonyl (C=O) groups excluding carboxylic acids is 1. The van der Waals surface area contributed by atoms with Crippen molar-refractivity contribution in [2.45, 2.75) is 38.0 Å². The maximum atomic E-state index is 13.0. The van der Waals surface area contributed by atoms with Crippen LogP contribution < -0.4 is 25.1 Å². The first-order valence-corrected chi connectivity index (χ1v) is 11.7. The van der Waals surface area contributed by atoms with Crippen LogP contribution >= 0.6 is 11.8 Å². The third-order valence-electron chi connectivity index (χ3n) is 5.16. The van der Waals surface area contributed by atoms with Crippen molar-refractivity contribution in [2.24, 2.45) is 0 Å². The maximum absolute atomic E-state index is 13.0. The highest BCUT2D eigenvalue weighted by molar-refractivity contribution is 7.99. The summed E-state index contributed by atoms with van der Waals surface area (Å²) < 4.78 is 17.7. The number of unbranched alkanes of at least 4 members (excludes halogenated alkanes) is 1. The molecule has 0 saturated heterocycles. The van der Waals surface area contributed by atoms with Crippen LogP contribution in [-0.2, 0) is 17.9 Å². The molecule has 9 heteroatoms. The van der Waals surface area contributed by atoms with Gasteiger partial charge in [-0.05, 0) is 24.6 Å². The molecule has 1 N–H and O–H groups in total. The lowest BCUT2D eigenvalue weighted by molar-refractivity contribution is -0.118. The minimum absolute atomic E-state index is 0.0768.